The molecule has 0 aliphatic heterocycles. The first-order valence-electron chi connectivity index (χ1n) is 4.33. The zero-order valence-corrected chi connectivity index (χ0v) is 8.85. The van der Waals surface area contributed by atoms with Crippen LogP contribution in [0.2, 0.25) is 5.02 Å². The molecule has 1 rings (SSSR count). The number of rotatable bonds is 4. The molecule has 0 radical (unpaired) electrons. The molecule has 0 unspecified atom stereocenters. The van der Waals surface area contributed by atoms with E-state index < -0.39 is 10.9 Å². The Balaban J connectivity index is 2.91. The Kier molecular flexibility index (Phi) is 4.02. The van der Waals surface area contributed by atoms with Gasteiger partial charge in [-0.2, -0.15) is 0 Å². The average molecular weight is 242 g/mol. The summed E-state index contributed by atoms with van der Waals surface area (Å²) >= 11 is 5.62. The maximum absolute atomic E-state index is 10.6. The van der Waals surface area contributed by atoms with Crippen molar-refractivity contribution in [3.63, 3.8) is 0 Å². The molecule has 0 aliphatic carbocycles. The first-order chi connectivity index (χ1) is 7.50. The lowest BCUT2D eigenvalue weighted by Crippen LogP contribution is -1.91. The van der Waals surface area contributed by atoms with Gasteiger partial charge >= 0.3 is 5.97 Å². The monoisotopic (exact) mass is 241 g/mol. The fourth-order valence-corrected chi connectivity index (χ4v) is 1.26. The van der Waals surface area contributed by atoms with E-state index in [0.717, 1.165) is 0 Å². The van der Waals surface area contributed by atoms with E-state index in [0.29, 0.717) is 5.56 Å². The fourth-order valence-electron chi connectivity index (χ4n) is 1.07. The molecule has 6 heteroatoms. The Bertz CT molecular complexity index is 456. The summed E-state index contributed by atoms with van der Waals surface area (Å²) in [6.45, 7) is 0. The highest BCUT2D eigenvalue weighted by molar-refractivity contribution is 6.32. The molecule has 0 amide bonds. The highest BCUT2D eigenvalue weighted by Gasteiger charge is 2.11. The van der Waals surface area contributed by atoms with E-state index in [1.165, 1.54) is 24.3 Å². The largest absolute Gasteiger partial charge is 0.481 e. The summed E-state index contributed by atoms with van der Waals surface area (Å²) in [5.41, 5.74) is 0.344. The summed E-state index contributed by atoms with van der Waals surface area (Å²) in [5.74, 6) is -0.959. The lowest BCUT2D eigenvalue weighted by atomic mass is 10.2. The van der Waals surface area contributed by atoms with Gasteiger partial charge in [0.05, 0.1) is 11.3 Å². The van der Waals surface area contributed by atoms with Crippen LogP contribution in [0.4, 0.5) is 5.69 Å². The molecule has 0 heterocycles. The second kappa shape index (κ2) is 5.27. The van der Waals surface area contributed by atoms with E-state index in [-0.39, 0.29) is 17.1 Å². The molecule has 0 saturated carbocycles. The van der Waals surface area contributed by atoms with Gasteiger partial charge in [0.1, 0.15) is 5.02 Å². The Morgan fingerprint density at radius 3 is 2.81 bits per heavy atom. The van der Waals surface area contributed by atoms with Gasteiger partial charge in [-0.25, -0.2) is 0 Å². The van der Waals surface area contributed by atoms with Gasteiger partial charge in [-0.05, 0) is 11.6 Å². The number of carboxylic acid groups (broad SMARTS) is 1. The van der Waals surface area contributed by atoms with Crippen LogP contribution >= 0.6 is 11.6 Å². The van der Waals surface area contributed by atoms with Gasteiger partial charge < -0.3 is 5.11 Å². The van der Waals surface area contributed by atoms with Crippen molar-refractivity contribution in [2.75, 3.05) is 0 Å². The van der Waals surface area contributed by atoms with Crippen LogP contribution in [0, 0.1) is 10.1 Å². The molecule has 0 atom stereocenters. The minimum atomic E-state index is -0.959. The van der Waals surface area contributed by atoms with Crippen molar-refractivity contribution in [1.29, 1.82) is 0 Å². The zero-order valence-electron chi connectivity index (χ0n) is 8.09. The van der Waals surface area contributed by atoms with Gasteiger partial charge in [-0.15, -0.1) is 0 Å². The lowest BCUT2D eigenvalue weighted by molar-refractivity contribution is -0.384. The second-order valence-corrected chi connectivity index (χ2v) is 3.38. The molecule has 0 bridgehead atoms. The number of hydrogen-bond acceptors (Lipinski definition) is 3. The van der Waals surface area contributed by atoms with Crippen LogP contribution in [-0.2, 0) is 4.79 Å². The topological polar surface area (TPSA) is 80.4 Å². The fraction of sp³-hybridized carbons (Fsp3) is 0.100. The minimum Gasteiger partial charge on any atom is -0.481 e. The Hall–Kier alpha value is -1.88. The van der Waals surface area contributed by atoms with Crippen molar-refractivity contribution in [2.45, 2.75) is 6.42 Å². The van der Waals surface area contributed by atoms with Crippen LogP contribution in [-0.4, -0.2) is 16.0 Å². The Morgan fingerprint density at radius 2 is 2.25 bits per heavy atom. The number of halogens is 1. The Morgan fingerprint density at radius 1 is 1.56 bits per heavy atom. The molecule has 0 aromatic heterocycles. The molecule has 0 saturated heterocycles. The standard InChI is InChI=1S/C10H8ClNO4/c11-8-5-4-7(2-1-3-10(13)14)6-9(8)12(15)16/h1-2,4-6H,3H2,(H,13,14). The molecule has 1 aromatic rings. The molecule has 0 fully saturated rings. The molecular weight excluding hydrogens is 234 g/mol. The van der Waals surface area contributed by atoms with Crippen LogP contribution in [0.3, 0.4) is 0 Å². The van der Waals surface area contributed by atoms with Crippen LogP contribution in [0.25, 0.3) is 6.08 Å². The van der Waals surface area contributed by atoms with E-state index in [2.05, 4.69) is 0 Å². The third-order valence-corrected chi connectivity index (χ3v) is 2.09. The van der Waals surface area contributed by atoms with Crippen LogP contribution in [0.1, 0.15) is 12.0 Å². The highest BCUT2D eigenvalue weighted by atomic mass is 35.5. The van der Waals surface area contributed by atoms with Gasteiger partial charge in [-0.1, -0.05) is 29.8 Å². The summed E-state index contributed by atoms with van der Waals surface area (Å²) in [4.78, 5) is 20.2. The zero-order chi connectivity index (χ0) is 12.1. The van der Waals surface area contributed by atoms with E-state index in [1.54, 1.807) is 6.07 Å². The quantitative estimate of drug-likeness (QED) is 0.649. The summed E-state index contributed by atoms with van der Waals surface area (Å²) in [6.07, 6.45) is 2.78. The third-order valence-electron chi connectivity index (χ3n) is 1.77. The highest BCUT2D eigenvalue weighted by Crippen LogP contribution is 2.25. The summed E-state index contributed by atoms with van der Waals surface area (Å²) in [7, 11) is 0. The molecule has 1 N–H and O–H groups in total. The number of nitro groups is 1. The van der Waals surface area contributed by atoms with Crippen LogP contribution < -0.4 is 0 Å². The first-order valence-corrected chi connectivity index (χ1v) is 4.71. The van der Waals surface area contributed by atoms with E-state index in [1.807, 2.05) is 0 Å². The molecular formula is C10H8ClNO4. The Labute approximate surface area is 96.1 Å². The predicted molar refractivity (Wildman–Crippen MR) is 59.4 cm³/mol. The van der Waals surface area contributed by atoms with Gasteiger partial charge in [-0.3, -0.25) is 14.9 Å². The smallest absolute Gasteiger partial charge is 0.307 e. The van der Waals surface area contributed by atoms with Crippen molar-refractivity contribution in [3.05, 3.63) is 45.0 Å². The molecule has 84 valence electrons. The molecule has 1 aromatic carbocycles. The van der Waals surface area contributed by atoms with Gasteiger partial charge in [0.25, 0.3) is 5.69 Å². The SMILES string of the molecule is O=C(O)CC=Cc1ccc(Cl)c([N+](=O)[O-])c1. The summed E-state index contributed by atoms with van der Waals surface area (Å²) in [5, 5.41) is 19.0. The van der Waals surface area contributed by atoms with Gasteiger partial charge in [0, 0.05) is 6.07 Å². The maximum Gasteiger partial charge on any atom is 0.307 e. The van der Waals surface area contributed by atoms with E-state index in [4.69, 9.17) is 16.7 Å². The number of aliphatic carboxylic acids is 1. The average Bonchev–Trinajstić information content (AvgIpc) is 2.19. The van der Waals surface area contributed by atoms with Crippen molar-refractivity contribution < 1.29 is 14.8 Å². The van der Waals surface area contributed by atoms with Crippen molar-refractivity contribution >= 4 is 29.3 Å². The van der Waals surface area contributed by atoms with E-state index in [9.17, 15) is 14.9 Å². The number of nitrogens with zero attached hydrogens (tertiary/aromatic N) is 1. The number of benzene rings is 1. The van der Waals surface area contributed by atoms with Crippen molar-refractivity contribution in [1.82, 2.24) is 0 Å². The third kappa shape index (κ3) is 3.36. The lowest BCUT2D eigenvalue weighted by Gasteiger charge is -1.96. The van der Waals surface area contributed by atoms with E-state index >= 15 is 0 Å². The maximum atomic E-state index is 10.6. The number of carboxylic acids is 1. The molecule has 0 spiro atoms. The normalized spacial score (nSPS) is 10.6. The van der Waals surface area contributed by atoms with Crippen LogP contribution in [0.15, 0.2) is 24.3 Å². The van der Waals surface area contributed by atoms with Gasteiger partial charge in [0.2, 0.25) is 0 Å². The molecule has 0 aliphatic rings. The summed E-state index contributed by atoms with van der Waals surface area (Å²) < 4.78 is 0. The van der Waals surface area contributed by atoms with Crippen molar-refractivity contribution in [2.24, 2.45) is 0 Å². The minimum absolute atomic E-state index is 0.0559. The number of hydrogen-bond donors (Lipinski definition) is 1. The van der Waals surface area contributed by atoms with Gasteiger partial charge in [0.15, 0.2) is 0 Å². The second-order valence-electron chi connectivity index (χ2n) is 2.97. The molecule has 16 heavy (non-hydrogen) atoms. The van der Waals surface area contributed by atoms with Crippen molar-refractivity contribution in [3.8, 4) is 0 Å². The first kappa shape index (κ1) is 12.2. The summed E-state index contributed by atoms with van der Waals surface area (Å²) in [6, 6.07) is 4.27. The van der Waals surface area contributed by atoms with Crippen LogP contribution in [0.5, 0.6) is 0 Å². The number of carbonyl (C=O) groups is 1. The molecule has 5 nitrogen and oxygen atoms in total. The number of nitro benzene ring substituents is 1. The predicted octanol–water partition coefficient (Wildman–Crippen LogP) is 2.74.